The van der Waals surface area contributed by atoms with Gasteiger partial charge in [-0.3, -0.25) is 9.78 Å². The quantitative estimate of drug-likeness (QED) is 0.561. The van der Waals surface area contributed by atoms with Gasteiger partial charge < -0.3 is 9.91 Å². The highest BCUT2D eigenvalue weighted by molar-refractivity contribution is 5.98. The molecule has 1 aromatic carbocycles. The smallest absolute Gasteiger partial charge is 0.256 e. The summed E-state index contributed by atoms with van der Waals surface area (Å²) in [5, 5.41) is 9.81. The monoisotopic (exact) mass is 457 g/mol. The van der Waals surface area contributed by atoms with E-state index in [1.807, 2.05) is 13.0 Å². The van der Waals surface area contributed by atoms with Crippen molar-refractivity contribution in [3.8, 4) is 5.69 Å². The molecule has 3 aromatic rings. The Morgan fingerprint density at radius 1 is 1.21 bits per heavy atom. The van der Waals surface area contributed by atoms with E-state index in [0.29, 0.717) is 11.4 Å². The second-order valence-corrected chi connectivity index (χ2v) is 7.52. The number of pyridine rings is 1. The molecule has 0 aliphatic carbocycles. The lowest BCUT2D eigenvalue weighted by Crippen LogP contribution is -2.43. The summed E-state index contributed by atoms with van der Waals surface area (Å²) in [4.78, 5) is 19.7. The molecule has 11 heteroatoms. The van der Waals surface area contributed by atoms with Crippen molar-refractivity contribution in [1.82, 2.24) is 35.3 Å². The van der Waals surface area contributed by atoms with Crippen LogP contribution in [0.15, 0.2) is 61.2 Å². The van der Waals surface area contributed by atoms with Crippen LogP contribution in [0, 0.1) is 12.7 Å². The number of nitrogens with zero attached hydrogens (tertiary/aromatic N) is 6. The Bertz CT molecular complexity index is 1120. The van der Waals surface area contributed by atoms with Crippen LogP contribution in [0.25, 0.3) is 5.69 Å². The first kappa shape index (κ1) is 22.5. The molecule has 1 atom stereocenters. The summed E-state index contributed by atoms with van der Waals surface area (Å²) in [5.41, 5.74) is 5.23. The minimum atomic E-state index is -2.69. The number of rotatable bonds is 8. The number of benzene rings is 1. The first-order chi connectivity index (χ1) is 15.9. The standard InChI is InChI=1S/C22H22F3N7O/c1-15-2-5-20(32-27-7-8-28-32)17(12-15)22(33)30(14-21(24)25)10-11-31-9-6-19(29-31)18-4-3-16(23)13-26-18/h2-9,12-13,19,21,29H,10-11,14H2,1H3. The number of alkyl halides is 2. The van der Waals surface area contributed by atoms with Crippen LogP contribution in [0.1, 0.15) is 27.7 Å². The second-order valence-electron chi connectivity index (χ2n) is 7.52. The minimum absolute atomic E-state index is 0.0456. The SMILES string of the molecule is Cc1ccc(-n2nccn2)c(C(=O)N(CCN2C=CC(c3ccc(F)cn3)N2)CC(F)F)c1. The topological polar surface area (TPSA) is 79.2 Å². The van der Waals surface area contributed by atoms with Gasteiger partial charge in [0.25, 0.3) is 12.3 Å². The average Bonchev–Trinajstić information content (AvgIpc) is 3.49. The molecule has 3 heterocycles. The lowest BCUT2D eigenvalue weighted by atomic mass is 10.1. The number of amides is 1. The number of carbonyl (C=O) groups excluding carboxylic acids is 1. The van der Waals surface area contributed by atoms with Crippen molar-refractivity contribution in [1.29, 1.82) is 0 Å². The van der Waals surface area contributed by atoms with Crippen LogP contribution in [-0.2, 0) is 0 Å². The molecular formula is C22H22F3N7O. The third-order valence-corrected chi connectivity index (χ3v) is 5.11. The number of aromatic nitrogens is 4. The maximum atomic E-state index is 13.3. The molecule has 0 saturated heterocycles. The van der Waals surface area contributed by atoms with Crippen LogP contribution in [0.3, 0.4) is 0 Å². The summed E-state index contributed by atoms with van der Waals surface area (Å²) in [5.74, 6) is -0.967. The zero-order valence-corrected chi connectivity index (χ0v) is 17.8. The molecule has 1 amide bonds. The van der Waals surface area contributed by atoms with Crippen LogP contribution >= 0.6 is 0 Å². The van der Waals surface area contributed by atoms with Gasteiger partial charge in [-0.2, -0.15) is 15.0 Å². The number of hydrogen-bond acceptors (Lipinski definition) is 6. The summed E-state index contributed by atoms with van der Waals surface area (Å²) in [6, 6.07) is 7.74. The highest BCUT2D eigenvalue weighted by Gasteiger charge is 2.25. The number of hydrogen-bond donors (Lipinski definition) is 1. The normalized spacial score (nSPS) is 15.4. The van der Waals surface area contributed by atoms with Gasteiger partial charge in [0, 0.05) is 12.7 Å². The number of nitrogens with one attached hydrogen (secondary N) is 1. The largest absolute Gasteiger partial charge is 0.331 e. The summed E-state index contributed by atoms with van der Waals surface area (Å²) in [7, 11) is 0. The molecule has 0 bridgehead atoms. The van der Waals surface area contributed by atoms with Gasteiger partial charge in [0.2, 0.25) is 0 Å². The van der Waals surface area contributed by atoms with Gasteiger partial charge >= 0.3 is 0 Å². The molecular weight excluding hydrogens is 435 g/mol. The summed E-state index contributed by atoms with van der Waals surface area (Å²) >= 11 is 0. The average molecular weight is 457 g/mol. The fourth-order valence-electron chi connectivity index (χ4n) is 3.51. The van der Waals surface area contributed by atoms with E-state index in [-0.39, 0.29) is 24.7 Å². The van der Waals surface area contributed by atoms with Crippen LogP contribution in [-0.4, -0.2) is 61.9 Å². The summed E-state index contributed by atoms with van der Waals surface area (Å²) in [6.07, 6.45) is 4.95. The van der Waals surface area contributed by atoms with Gasteiger partial charge in [-0.25, -0.2) is 18.6 Å². The maximum absolute atomic E-state index is 13.3. The van der Waals surface area contributed by atoms with Crippen LogP contribution < -0.4 is 5.43 Å². The van der Waals surface area contributed by atoms with E-state index in [1.54, 1.807) is 35.5 Å². The molecule has 0 radical (unpaired) electrons. The maximum Gasteiger partial charge on any atom is 0.256 e. The zero-order valence-electron chi connectivity index (χ0n) is 17.8. The summed E-state index contributed by atoms with van der Waals surface area (Å²) in [6.45, 7) is 1.41. The molecule has 1 aliphatic heterocycles. The van der Waals surface area contributed by atoms with Crippen molar-refractivity contribution in [3.05, 3.63) is 83.8 Å². The van der Waals surface area contributed by atoms with Crippen molar-refractivity contribution < 1.29 is 18.0 Å². The van der Waals surface area contributed by atoms with Gasteiger partial charge in [-0.1, -0.05) is 11.6 Å². The molecule has 8 nitrogen and oxygen atoms in total. The zero-order chi connectivity index (χ0) is 23.4. The molecule has 4 rings (SSSR count). The van der Waals surface area contributed by atoms with Gasteiger partial charge in [-0.05, 0) is 37.3 Å². The Labute approximate surface area is 188 Å². The van der Waals surface area contributed by atoms with Gasteiger partial charge in [0.05, 0.1) is 54.7 Å². The van der Waals surface area contributed by atoms with E-state index >= 15 is 0 Å². The lowest BCUT2D eigenvalue weighted by molar-refractivity contribution is 0.0527. The first-order valence-electron chi connectivity index (χ1n) is 10.3. The fraction of sp³-hybridized carbons (Fsp3) is 0.273. The lowest BCUT2D eigenvalue weighted by Gasteiger charge is -2.27. The van der Waals surface area contributed by atoms with Crippen molar-refractivity contribution in [3.63, 3.8) is 0 Å². The molecule has 1 aliphatic rings. The minimum Gasteiger partial charge on any atom is -0.331 e. The number of carbonyl (C=O) groups is 1. The van der Waals surface area contributed by atoms with Crippen LogP contribution in [0.4, 0.5) is 13.2 Å². The van der Waals surface area contributed by atoms with E-state index in [0.717, 1.165) is 16.7 Å². The molecule has 2 aromatic heterocycles. The third-order valence-electron chi connectivity index (χ3n) is 5.11. The molecule has 1 unspecified atom stereocenters. The third kappa shape index (κ3) is 5.37. The van der Waals surface area contributed by atoms with E-state index in [9.17, 15) is 18.0 Å². The molecule has 172 valence electrons. The van der Waals surface area contributed by atoms with Crippen LogP contribution in [0.2, 0.25) is 0 Å². The fourth-order valence-corrected chi connectivity index (χ4v) is 3.51. The van der Waals surface area contributed by atoms with Crippen molar-refractivity contribution in [2.75, 3.05) is 19.6 Å². The van der Waals surface area contributed by atoms with E-state index in [1.165, 1.54) is 23.3 Å². The van der Waals surface area contributed by atoms with Crippen molar-refractivity contribution in [2.45, 2.75) is 19.4 Å². The van der Waals surface area contributed by atoms with Gasteiger partial charge in [0.1, 0.15) is 5.82 Å². The number of aryl methyl sites for hydroxylation is 1. The highest BCUT2D eigenvalue weighted by Crippen LogP contribution is 2.20. The highest BCUT2D eigenvalue weighted by atomic mass is 19.3. The number of halogens is 3. The Morgan fingerprint density at radius 2 is 2.00 bits per heavy atom. The Hall–Kier alpha value is -3.73. The number of hydrazine groups is 1. The van der Waals surface area contributed by atoms with Gasteiger partial charge in [-0.15, -0.1) is 0 Å². The predicted molar refractivity (Wildman–Crippen MR) is 114 cm³/mol. The van der Waals surface area contributed by atoms with E-state index in [2.05, 4.69) is 20.6 Å². The predicted octanol–water partition coefficient (Wildman–Crippen LogP) is 2.89. The second kappa shape index (κ2) is 9.82. The Kier molecular flexibility index (Phi) is 6.68. The Balaban J connectivity index is 1.47. The first-order valence-corrected chi connectivity index (χ1v) is 10.3. The van der Waals surface area contributed by atoms with Gasteiger partial charge in [0.15, 0.2) is 0 Å². The molecule has 1 N–H and O–H groups in total. The van der Waals surface area contributed by atoms with Crippen LogP contribution in [0.5, 0.6) is 0 Å². The Morgan fingerprint density at radius 3 is 2.70 bits per heavy atom. The van der Waals surface area contributed by atoms with Crippen molar-refractivity contribution >= 4 is 5.91 Å². The molecule has 0 spiro atoms. The van der Waals surface area contributed by atoms with E-state index < -0.39 is 24.7 Å². The molecule has 0 saturated carbocycles. The summed E-state index contributed by atoms with van der Waals surface area (Å²) < 4.78 is 39.8. The molecule has 0 fully saturated rings. The van der Waals surface area contributed by atoms with Crippen molar-refractivity contribution in [2.24, 2.45) is 0 Å². The van der Waals surface area contributed by atoms with E-state index in [4.69, 9.17) is 0 Å². The molecule has 33 heavy (non-hydrogen) atoms.